The molecule has 116 valence electrons. The Morgan fingerprint density at radius 3 is 2.52 bits per heavy atom. The summed E-state index contributed by atoms with van der Waals surface area (Å²) in [6, 6.07) is 8.58. The van der Waals surface area contributed by atoms with Gasteiger partial charge in [-0.25, -0.2) is 0 Å². The predicted octanol–water partition coefficient (Wildman–Crippen LogP) is 4.97. The summed E-state index contributed by atoms with van der Waals surface area (Å²) in [6.45, 7) is 6.94. The van der Waals surface area contributed by atoms with Gasteiger partial charge in [-0.2, -0.15) is 0 Å². The van der Waals surface area contributed by atoms with E-state index in [0.29, 0.717) is 17.6 Å². The number of ether oxygens (including phenoxy) is 1. The highest BCUT2D eigenvalue weighted by Gasteiger charge is 2.30. The molecular weight excluding hydrogens is 260 g/mol. The fourth-order valence-corrected chi connectivity index (χ4v) is 3.47. The van der Waals surface area contributed by atoms with Crippen molar-refractivity contribution in [2.24, 2.45) is 11.8 Å². The minimum Gasteiger partial charge on any atom is -0.494 e. The Labute approximate surface area is 128 Å². The Morgan fingerprint density at radius 1 is 1.24 bits per heavy atom. The van der Waals surface area contributed by atoms with Gasteiger partial charge in [-0.3, -0.25) is 4.79 Å². The third kappa shape index (κ3) is 4.33. The third-order valence-electron chi connectivity index (χ3n) is 4.81. The van der Waals surface area contributed by atoms with Gasteiger partial charge in [0.1, 0.15) is 11.5 Å². The topological polar surface area (TPSA) is 26.3 Å². The maximum absolute atomic E-state index is 11.6. The summed E-state index contributed by atoms with van der Waals surface area (Å²) < 4.78 is 5.71. The zero-order valence-corrected chi connectivity index (χ0v) is 13.6. The van der Waals surface area contributed by atoms with Gasteiger partial charge < -0.3 is 4.74 Å². The minimum absolute atomic E-state index is 0.276. The first kappa shape index (κ1) is 16.1. The van der Waals surface area contributed by atoms with Gasteiger partial charge in [0.2, 0.25) is 0 Å². The summed E-state index contributed by atoms with van der Waals surface area (Å²) in [5.41, 5.74) is 1.40. The molecule has 0 unspecified atom stereocenters. The van der Waals surface area contributed by atoms with Crippen LogP contribution >= 0.6 is 0 Å². The number of hydrogen-bond donors (Lipinski definition) is 0. The third-order valence-corrected chi connectivity index (χ3v) is 4.81. The number of benzene rings is 1. The van der Waals surface area contributed by atoms with E-state index in [1.807, 2.05) is 0 Å². The van der Waals surface area contributed by atoms with Crippen LogP contribution in [0.2, 0.25) is 0 Å². The monoisotopic (exact) mass is 288 g/mol. The van der Waals surface area contributed by atoms with E-state index < -0.39 is 0 Å². The van der Waals surface area contributed by atoms with Gasteiger partial charge in [0, 0.05) is 5.92 Å². The Bertz CT molecular complexity index is 449. The van der Waals surface area contributed by atoms with Crippen LogP contribution < -0.4 is 4.74 Å². The zero-order chi connectivity index (χ0) is 15.2. The molecule has 1 aliphatic rings. The number of rotatable bonds is 6. The van der Waals surface area contributed by atoms with E-state index >= 15 is 0 Å². The molecule has 0 aliphatic heterocycles. The molecule has 0 spiro atoms. The summed E-state index contributed by atoms with van der Waals surface area (Å²) in [7, 11) is 0. The zero-order valence-electron chi connectivity index (χ0n) is 13.6. The van der Waals surface area contributed by atoms with E-state index in [9.17, 15) is 4.79 Å². The largest absolute Gasteiger partial charge is 0.494 e. The normalized spacial score (nSPS) is 25.6. The molecule has 2 heteroatoms. The number of carbonyl (C=O) groups is 1. The standard InChI is InChI=1S/C19H28O2/c1-4-5-12-21-18-9-6-16(7-10-18)17-8-11-19(15(3)20)14(2)13-17/h6-7,9-10,14,17,19H,4-5,8,11-13H2,1-3H3/t14-,17+,19-/m1/s1. The molecule has 0 saturated heterocycles. The quantitative estimate of drug-likeness (QED) is 0.690. The highest BCUT2D eigenvalue weighted by molar-refractivity contribution is 5.78. The number of hydrogen-bond acceptors (Lipinski definition) is 2. The number of unbranched alkanes of at least 4 members (excludes halogenated alkanes) is 1. The molecule has 0 amide bonds. The van der Waals surface area contributed by atoms with Gasteiger partial charge in [0.05, 0.1) is 6.61 Å². The van der Waals surface area contributed by atoms with Crippen LogP contribution in [0.1, 0.15) is 64.4 Å². The Hall–Kier alpha value is -1.31. The van der Waals surface area contributed by atoms with Crippen molar-refractivity contribution in [3.63, 3.8) is 0 Å². The maximum Gasteiger partial charge on any atom is 0.133 e. The lowest BCUT2D eigenvalue weighted by atomic mass is 9.71. The highest BCUT2D eigenvalue weighted by Crippen LogP contribution is 2.40. The predicted molar refractivity (Wildman–Crippen MR) is 86.8 cm³/mol. The number of ketones is 1. The molecule has 2 nitrogen and oxygen atoms in total. The van der Waals surface area contributed by atoms with E-state index in [1.54, 1.807) is 6.92 Å². The number of Topliss-reactive ketones (excluding diaryl/α,β-unsaturated/α-hetero) is 1. The second kappa shape index (κ2) is 7.63. The van der Waals surface area contributed by atoms with Crippen molar-refractivity contribution >= 4 is 5.78 Å². The van der Waals surface area contributed by atoms with Crippen molar-refractivity contribution in [3.8, 4) is 5.75 Å². The lowest BCUT2D eigenvalue weighted by molar-refractivity contribution is -0.123. The molecule has 0 N–H and O–H groups in total. The van der Waals surface area contributed by atoms with Crippen molar-refractivity contribution in [1.82, 2.24) is 0 Å². The van der Waals surface area contributed by atoms with Gasteiger partial charge >= 0.3 is 0 Å². The van der Waals surface area contributed by atoms with Gasteiger partial charge in [0.25, 0.3) is 0 Å². The van der Waals surface area contributed by atoms with Crippen LogP contribution in [-0.4, -0.2) is 12.4 Å². The first-order chi connectivity index (χ1) is 10.1. The average molecular weight is 288 g/mol. The fraction of sp³-hybridized carbons (Fsp3) is 0.632. The molecule has 0 radical (unpaired) electrons. The first-order valence-electron chi connectivity index (χ1n) is 8.35. The molecule has 21 heavy (non-hydrogen) atoms. The summed E-state index contributed by atoms with van der Waals surface area (Å²) in [4.78, 5) is 11.6. The summed E-state index contributed by atoms with van der Waals surface area (Å²) in [5, 5.41) is 0. The lowest BCUT2D eigenvalue weighted by Crippen LogP contribution is -2.26. The molecule has 0 bridgehead atoms. The first-order valence-corrected chi connectivity index (χ1v) is 8.35. The summed E-state index contributed by atoms with van der Waals surface area (Å²) in [6.07, 6.45) is 5.56. The van der Waals surface area contributed by atoms with Crippen molar-refractivity contribution in [1.29, 1.82) is 0 Å². The van der Waals surface area contributed by atoms with Crippen LogP contribution in [0.25, 0.3) is 0 Å². The van der Waals surface area contributed by atoms with E-state index in [1.165, 1.54) is 5.56 Å². The van der Waals surface area contributed by atoms with Crippen molar-refractivity contribution < 1.29 is 9.53 Å². The average Bonchev–Trinajstić information content (AvgIpc) is 2.48. The second-order valence-electron chi connectivity index (χ2n) is 6.48. The van der Waals surface area contributed by atoms with Crippen LogP contribution in [0.3, 0.4) is 0 Å². The minimum atomic E-state index is 0.276. The smallest absolute Gasteiger partial charge is 0.133 e. The van der Waals surface area contributed by atoms with E-state index in [0.717, 1.165) is 44.5 Å². The van der Waals surface area contributed by atoms with E-state index in [2.05, 4.69) is 38.1 Å². The Balaban J connectivity index is 1.92. The van der Waals surface area contributed by atoms with Crippen LogP contribution in [-0.2, 0) is 4.79 Å². The van der Waals surface area contributed by atoms with Crippen LogP contribution in [0.5, 0.6) is 5.75 Å². The van der Waals surface area contributed by atoms with Crippen LogP contribution in [0, 0.1) is 11.8 Å². The number of carbonyl (C=O) groups excluding carboxylic acids is 1. The molecule has 1 aromatic carbocycles. The molecule has 1 saturated carbocycles. The highest BCUT2D eigenvalue weighted by atomic mass is 16.5. The maximum atomic E-state index is 11.6. The summed E-state index contributed by atoms with van der Waals surface area (Å²) in [5.74, 6) is 2.71. The molecule has 0 aromatic heterocycles. The van der Waals surface area contributed by atoms with E-state index in [4.69, 9.17) is 4.74 Å². The molecule has 1 aliphatic carbocycles. The van der Waals surface area contributed by atoms with E-state index in [-0.39, 0.29) is 5.92 Å². The van der Waals surface area contributed by atoms with Gasteiger partial charge in [-0.15, -0.1) is 0 Å². The van der Waals surface area contributed by atoms with Gasteiger partial charge in [-0.05, 0) is 62.1 Å². The summed E-state index contributed by atoms with van der Waals surface area (Å²) >= 11 is 0. The fourth-order valence-electron chi connectivity index (χ4n) is 3.47. The van der Waals surface area contributed by atoms with Gasteiger partial charge in [-0.1, -0.05) is 32.4 Å². The second-order valence-corrected chi connectivity index (χ2v) is 6.48. The molecule has 0 heterocycles. The van der Waals surface area contributed by atoms with Gasteiger partial charge in [0.15, 0.2) is 0 Å². The molecule has 2 rings (SSSR count). The lowest BCUT2D eigenvalue weighted by Gasteiger charge is -2.33. The van der Waals surface area contributed by atoms with Crippen molar-refractivity contribution in [2.45, 2.75) is 58.8 Å². The Morgan fingerprint density at radius 2 is 1.95 bits per heavy atom. The molecule has 1 aromatic rings. The van der Waals surface area contributed by atoms with Crippen LogP contribution in [0.15, 0.2) is 24.3 Å². The molecular formula is C19H28O2. The van der Waals surface area contributed by atoms with Crippen molar-refractivity contribution in [2.75, 3.05) is 6.61 Å². The molecule has 1 fully saturated rings. The SMILES string of the molecule is CCCCOc1ccc([C@H]2CC[C@@H](C(C)=O)[C@H](C)C2)cc1. The molecule has 3 atom stereocenters. The van der Waals surface area contributed by atoms with Crippen LogP contribution in [0.4, 0.5) is 0 Å². The Kier molecular flexibility index (Phi) is 5.84. The van der Waals surface area contributed by atoms with Crippen molar-refractivity contribution in [3.05, 3.63) is 29.8 Å².